The molecular weight excluding hydrogens is 384 g/mol. The Kier molecular flexibility index (Phi) is 5.67. The molecule has 1 amide bonds. The number of carbonyl (C=O) groups excluding carboxylic acids is 1. The van der Waals surface area contributed by atoms with Gasteiger partial charge in [-0.05, 0) is 42.0 Å². The molecule has 0 fully saturated rings. The van der Waals surface area contributed by atoms with Crippen molar-refractivity contribution in [3.05, 3.63) is 78.4 Å². The SMILES string of the molecule is COc1ccc(N(CC(=O)Nc2cccc3nsnc23)Cc2ccccc2)cc1. The molecule has 7 heteroatoms. The van der Waals surface area contributed by atoms with Crippen LogP contribution >= 0.6 is 11.7 Å². The Hall–Kier alpha value is -3.45. The molecule has 3 aromatic carbocycles. The van der Waals surface area contributed by atoms with Crippen molar-refractivity contribution in [2.24, 2.45) is 0 Å². The maximum atomic E-state index is 12.9. The van der Waals surface area contributed by atoms with Gasteiger partial charge in [-0.15, -0.1) is 0 Å². The lowest BCUT2D eigenvalue weighted by Crippen LogP contribution is -2.33. The van der Waals surface area contributed by atoms with E-state index in [0.29, 0.717) is 17.7 Å². The topological polar surface area (TPSA) is 67.3 Å². The zero-order valence-corrected chi connectivity index (χ0v) is 16.7. The van der Waals surface area contributed by atoms with Crippen LogP contribution in [0.3, 0.4) is 0 Å². The molecule has 1 heterocycles. The molecule has 1 aromatic heterocycles. The molecule has 0 unspecified atom stereocenters. The molecule has 4 rings (SSSR count). The van der Waals surface area contributed by atoms with Crippen molar-refractivity contribution in [3.63, 3.8) is 0 Å². The van der Waals surface area contributed by atoms with Crippen molar-refractivity contribution >= 4 is 40.0 Å². The maximum absolute atomic E-state index is 12.9. The van der Waals surface area contributed by atoms with Crippen molar-refractivity contribution in [3.8, 4) is 5.75 Å². The highest BCUT2D eigenvalue weighted by atomic mass is 32.1. The lowest BCUT2D eigenvalue weighted by atomic mass is 10.2. The molecule has 146 valence electrons. The Morgan fingerprint density at radius 2 is 1.79 bits per heavy atom. The lowest BCUT2D eigenvalue weighted by Gasteiger charge is -2.24. The van der Waals surface area contributed by atoms with Crippen molar-refractivity contribution in [2.75, 3.05) is 23.9 Å². The summed E-state index contributed by atoms with van der Waals surface area (Å²) in [6.45, 7) is 0.818. The zero-order valence-electron chi connectivity index (χ0n) is 15.9. The highest BCUT2D eigenvalue weighted by molar-refractivity contribution is 7.00. The molecule has 0 aliphatic carbocycles. The fraction of sp³-hybridized carbons (Fsp3) is 0.136. The van der Waals surface area contributed by atoms with Crippen LogP contribution in [0, 0.1) is 0 Å². The van der Waals surface area contributed by atoms with E-state index in [9.17, 15) is 4.79 Å². The first-order valence-electron chi connectivity index (χ1n) is 9.17. The number of benzene rings is 3. The standard InChI is InChI=1S/C22H20N4O2S/c1-28-18-12-10-17(11-13-18)26(14-16-6-3-2-4-7-16)15-21(27)23-19-8-5-9-20-22(19)25-29-24-20/h2-13H,14-15H2,1H3,(H,23,27). The van der Waals surface area contributed by atoms with Crippen LogP contribution in [0.4, 0.5) is 11.4 Å². The third-order valence-corrected chi connectivity index (χ3v) is 5.09. The Morgan fingerprint density at radius 1 is 1.00 bits per heavy atom. The summed E-state index contributed by atoms with van der Waals surface area (Å²) >= 11 is 1.14. The van der Waals surface area contributed by atoms with Gasteiger partial charge in [-0.1, -0.05) is 36.4 Å². The second-order valence-corrected chi connectivity index (χ2v) is 7.05. The molecule has 0 radical (unpaired) electrons. The molecular formula is C22H20N4O2S. The van der Waals surface area contributed by atoms with Gasteiger partial charge in [0.1, 0.15) is 16.8 Å². The highest BCUT2D eigenvalue weighted by Crippen LogP contribution is 2.23. The zero-order chi connectivity index (χ0) is 20.1. The molecule has 0 saturated heterocycles. The van der Waals surface area contributed by atoms with Gasteiger partial charge in [0.15, 0.2) is 0 Å². The van der Waals surface area contributed by atoms with E-state index in [1.165, 1.54) is 0 Å². The second kappa shape index (κ2) is 8.70. The lowest BCUT2D eigenvalue weighted by molar-refractivity contribution is -0.115. The van der Waals surface area contributed by atoms with E-state index >= 15 is 0 Å². The first-order valence-corrected chi connectivity index (χ1v) is 9.90. The normalized spacial score (nSPS) is 10.7. The van der Waals surface area contributed by atoms with E-state index in [-0.39, 0.29) is 12.5 Å². The smallest absolute Gasteiger partial charge is 0.243 e. The number of methoxy groups -OCH3 is 1. The first kappa shape index (κ1) is 18.9. The Bertz CT molecular complexity index is 1100. The number of fused-ring (bicyclic) bond motifs is 1. The van der Waals surface area contributed by atoms with Crippen LogP contribution in [-0.4, -0.2) is 28.3 Å². The minimum Gasteiger partial charge on any atom is -0.497 e. The van der Waals surface area contributed by atoms with Crippen LogP contribution in [0.15, 0.2) is 72.8 Å². The van der Waals surface area contributed by atoms with E-state index in [0.717, 1.165) is 34.2 Å². The van der Waals surface area contributed by atoms with Gasteiger partial charge in [-0.2, -0.15) is 8.75 Å². The number of rotatable bonds is 7. The van der Waals surface area contributed by atoms with Crippen LogP contribution in [0.25, 0.3) is 11.0 Å². The number of hydrogen-bond acceptors (Lipinski definition) is 6. The summed E-state index contributed by atoms with van der Waals surface area (Å²) < 4.78 is 13.8. The first-order chi connectivity index (χ1) is 14.2. The summed E-state index contributed by atoms with van der Waals surface area (Å²) in [6.07, 6.45) is 0. The molecule has 0 saturated carbocycles. The van der Waals surface area contributed by atoms with Gasteiger partial charge >= 0.3 is 0 Å². The molecule has 0 atom stereocenters. The molecule has 0 bridgehead atoms. The van der Waals surface area contributed by atoms with Gasteiger partial charge in [-0.3, -0.25) is 4.79 Å². The summed E-state index contributed by atoms with van der Waals surface area (Å²) in [7, 11) is 1.64. The third kappa shape index (κ3) is 4.52. The minimum absolute atomic E-state index is 0.114. The molecule has 6 nitrogen and oxygen atoms in total. The predicted molar refractivity (Wildman–Crippen MR) is 117 cm³/mol. The van der Waals surface area contributed by atoms with Crippen LogP contribution in [0.1, 0.15) is 5.56 Å². The number of nitrogens with one attached hydrogen (secondary N) is 1. The van der Waals surface area contributed by atoms with Crippen molar-refractivity contribution in [2.45, 2.75) is 6.54 Å². The third-order valence-electron chi connectivity index (χ3n) is 4.55. The highest BCUT2D eigenvalue weighted by Gasteiger charge is 2.15. The van der Waals surface area contributed by atoms with Gasteiger partial charge in [0.25, 0.3) is 0 Å². The van der Waals surface area contributed by atoms with E-state index in [1.54, 1.807) is 7.11 Å². The van der Waals surface area contributed by atoms with Crippen molar-refractivity contribution < 1.29 is 9.53 Å². The van der Waals surface area contributed by atoms with E-state index in [1.807, 2.05) is 65.6 Å². The number of aromatic nitrogens is 2. The van der Waals surface area contributed by atoms with Crippen LogP contribution in [-0.2, 0) is 11.3 Å². The summed E-state index contributed by atoms with van der Waals surface area (Å²) in [5.74, 6) is 0.665. The summed E-state index contributed by atoms with van der Waals surface area (Å²) in [5, 5.41) is 2.98. The van der Waals surface area contributed by atoms with Crippen LogP contribution in [0.5, 0.6) is 5.75 Å². The van der Waals surface area contributed by atoms with Gasteiger partial charge < -0.3 is 15.0 Å². The van der Waals surface area contributed by atoms with Crippen molar-refractivity contribution in [1.82, 2.24) is 8.75 Å². The molecule has 0 aliphatic rings. The number of hydrogen-bond donors (Lipinski definition) is 1. The van der Waals surface area contributed by atoms with Gasteiger partial charge in [-0.25, -0.2) is 0 Å². The van der Waals surface area contributed by atoms with E-state index in [2.05, 4.69) is 26.2 Å². The summed E-state index contributed by atoms with van der Waals surface area (Å²) in [6, 6.07) is 23.4. The van der Waals surface area contributed by atoms with E-state index < -0.39 is 0 Å². The molecule has 0 aliphatic heterocycles. The number of carbonyl (C=O) groups is 1. The van der Waals surface area contributed by atoms with Crippen molar-refractivity contribution in [1.29, 1.82) is 0 Å². The quantitative estimate of drug-likeness (QED) is 0.496. The number of amides is 1. The molecule has 4 aromatic rings. The number of nitrogens with zero attached hydrogens (tertiary/aromatic N) is 3. The maximum Gasteiger partial charge on any atom is 0.243 e. The summed E-state index contributed by atoms with van der Waals surface area (Å²) in [4.78, 5) is 14.9. The summed E-state index contributed by atoms with van der Waals surface area (Å²) in [5.41, 5.74) is 4.24. The monoisotopic (exact) mass is 404 g/mol. The fourth-order valence-electron chi connectivity index (χ4n) is 3.11. The number of anilines is 2. The van der Waals surface area contributed by atoms with Crippen LogP contribution in [0.2, 0.25) is 0 Å². The Labute approximate surface area is 173 Å². The van der Waals surface area contributed by atoms with Gasteiger partial charge in [0, 0.05) is 12.2 Å². The second-order valence-electron chi connectivity index (χ2n) is 6.53. The van der Waals surface area contributed by atoms with Gasteiger partial charge in [0.05, 0.1) is 31.1 Å². The average molecular weight is 404 g/mol. The Balaban J connectivity index is 1.55. The van der Waals surface area contributed by atoms with Crippen LogP contribution < -0.4 is 15.0 Å². The number of ether oxygens (including phenoxy) is 1. The van der Waals surface area contributed by atoms with E-state index in [4.69, 9.17) is 4.74 Å². The molecule has 29 heavy (non-hydrogen) atoms. The Morgan fingerprint density at radius 3 is 2.55 bits per heavy atom. The average Bonchev–Trinajstić information content (AvgIpc) is 3.24. The largest absolute Gasteiger partial charge is 0.497 e. The minimum atomic E-state index is -0.114. The molecule has 0 spiro atoms. The predicted octanol–water partition coefficient (Wildman–Crippen LogP) is 4.35. The van der Waals surface area contributed by atoms with Gasteiger partial charge in [0.2, 0.25) is 5.91 Å². The fourth-order valence-corrected chi connectivity index (χ4v) is 3.66. The molecule has 1 N–H and O–H groups in total.